The first-order valence-corrected chi connectivity index (χ1v) is 13.0. The van der Waals surface area contributed by atoms with Crippen molar-refractivity contribution in [1.82, 2.24) is 14.5 Å². The molecule has 7 nitrogen and oxygen atoms in total. The zero-order valence-corrected chi connectivity index (χ0v) is 24.0. The highest BCUT2D eigenvalue weighted by Gasteiger charge is 2.22. The second-order valence-corrected chi connectivity index (χ2v) is 10.2. The highest BCUT2D eigenvalue weighted by atomic mass is 16.6. The summed E-state index contributed by atoms with van der Waals surface area (Å²) in [6.45, 7) is 11.8. The third kappa shape index (κ3) is 9.26. The van der Waals surface area contributed by atoms with Gasteiger partial charge in [0.15, 0.2) is 6.33 Å². The molecule has 0 aliphatic heterocycles. The third-order valence-corrected chi connectivity index (χ3v) is 6.18. The van der Waals surface area contributed by atoms with Crippen LogP contribution in [0.25, 0.3) is 11.2 Å². The topological polar surface area (TPSA) is 59.1 Å². The van der Waals surface area contributed by atoms with E-state index in [2.05, 4.69) is 80.3 Å². The molecule has 0 aliphatic rings. The molecule has 0 fully saturated rings. The summed E-state index contributed by atoms with van der Waals surface area (Å²) in [4.78, 5) is 16.4. The molecule has 2 heterocycles. The van der Waals surface area contributed by atoms with Crippen molar-refractivity contribution in [3.8, 4) is 0 Å². The van der Waals surface area contributed by atoms with Gasteiger partial charge in [0.1, 0.15) is 0 Å². The number of aryl methyl sites for hydroxylation is 1. The largest absolute Gasteiger partial charge is 0.333 e. The molecule has 0 saturated heterocycles. The Morgan fingerprint density at radius 3 is 2.00 bits per heavy atom. The van der Waals surface area contributed by atoms with E-state index in [1.807, 2.05) is 30.6 Å². The molecule has 0 aliphatic carbocycles. The summed E-state index contributed by atoms with van der Waals surface area (Å²) in [5.41, 5.74) is 10.5. The number of fused-ring (bicyclic) bond motifs is 1. The fourth-order valence-corrected chi connectivity index (χ4v) is 4.01. The van der Waals surface area contributed by atoms with E-state index in [9.17, 15) is 0 Å². The molecule has 2 aromatic rings. The molecule has 1 N–H and O–H groups in total. The molecule has 0 spiro atoms. The Morgan fingerprint density at radius 2 is 1.47 bits per heavy atom. The van der Waals surface area contributed by atoms with Gasteiger partial charge in [-0.25, -0.2) is 10.0 Å². The molecular weight excluding hydrogens is 448 g/mol. The van der Waals surface area contributed by atoms with Crippen molar-refractivity contribution in [1.29, 1.82) is 0 Å². The van der Waals surface area contributed by atoms with Crippen LogP contribution in [0.3, 0.4) is 0 Å². The van der Waals surface area contributed by atoms with Crippen molar-refractivity contribution in [3.63, 3.8) is 0 Å². The minimum Gasteiger partial charge on any atom is -0.333 e. The Labute approximate surface area is 218 Å². The summed E-state index contributed by atoms with van der Waals surface area (Å²) in [6, 6.07) is 0. The second kappa shape index (κ2) is 14.6. The van der Waals surface area contributed by atoms with Gasteiger partial charge in [0.25, 0.3) is 0 Å². The zero-order chi connectivity index (χ0) is 26.7. The molecule has 0 saturated carbocycles. The number of anilines is 2. The van der Waals surface area contributed by atoms with Crippen molar-refractivity contribution in [2.75, 3.05) is 31.6 Å². The van der Waals surface area contributed by atoms with Gasteiger partial charge in [-0.1, -0.05) is 51.6 Å². The molecule has 0 unspecified atom stereocenters. The quantitative estimate of drug-likeness (QED) is 0.186. The van der Waals surface area contributed by atoms with E-state index in [1.165, 1.54) is 28.7 Å². The van der Waals surface area contributed by atoms with E-state index in [4.69, 9.17) is 9.82 Å². The Hall–Kier alpha value is -2.93. The first-order valence-electron chi connectivity index (χ1n) is 13.0. The Morgan fingerprint density at radius 1 is 0.917 bits per heavy atom. The average molecular weight is 496 g/mol. The zero-order valence-electron chi connectivity index (χ0n) is 24.0. The van der Waals surface area contributed by atoms with E-state index in [0.29, 0.717) is 11.8 Å². The first-order chi connectivity index (χ1) is 17.1. The van der Waals surface area contributed by atoms with Crippen LogP contribution in [-0.2, 0) is 18.4 Å². The van der Waals surface area contributed by atoms with Crippen LogP contribution in [-0.4, -0.2) is 35.7 Å². The average Bonchev–Trinajstić information content (AvgIpc) is 3.13. The predicted octanol–water partition coefficient (Wildman–Crippen LogP) is 6.44. The number of nitrogens with one attached hydrogen (secondary N) is 1. The smallest absolute Gasteiger partial charge is 0.309 e. The number of nitrogens with zero attached hydrogens (tertiary/aromatic N) is 5. The summed E-state index contributed by atoms with van der Waals surface area (Å²) >= 11 is 0. The molecule has 7 heteroatoms. The standard InChI is InChI=1S/C29H47N6O/c1-22(2)13-10-14-23(3)15-11-16-24(4)17-12-18-25(5)19-20-35-21-34(8)28-26(35)27(32-36-9)30-29(31-28)33(6)7/h13,15,17,19,21H,10-12,14,16,18,20H2,1-9H3,(H,30,31,32)/q+1/b23-15+,24-17+,25-19+. The molecule has 0 bridgehead atoms. The number of imidazole rings is 1. The molecule has 0 aromatic carbocycles. The van der Waals surface area contributed by atoms with E-state index < -0.39 is 0 Å². The fourth-order valence-electron chi connectivity index (χ4n) is 4.01. The molecule has 2 aromatic heterocycles. The van der Waals surface area contributed by atoms with E-state index in [-0.39, 0.29) is 0 Å². The number of hydrogen-bond donors (Lipinski definition) is 1. The molecule has 0 atom stereocenters. The lowest BCUT2D eigenvalue weighted by atomic mass is 10.0. The van der Waals surface area contributed by atoms with Crippen LogP contribution in [0.5, 0.6) is 0 Å². The van der Waals surface area contributed by atoms with Crippen LogP contribution in [0.1, 0.15) is 73.1 Å². The van der Waals surface area contributed by atoms with Crippen LogP contribution in [0.2, 0.25) is 0 Å². The van der Waals surface area contributed by atoms with Gasteiger partial charge in [0, 0.05) is 14.1 Å². The summed E-state index contributed by atoms with van der Waals surface area (Å²) in [5.74, 6) is 1.30. The highest BCUT2D eigenvalue weighted by molar-refractivity contribution is 5.82. The first kappa shape index (κ1) is 29.3. The molecule has 2 rings (SSSR count). The maximum Gasteiger partial charge on any atom is 0.309 e. The van der Waals surface area contributed by atoms with Crippen molar-refractivity contribution < 1.29 is 9.40 Å². The fraction of sp³-hybridized carbons (Fsp3) is 0.552. The number of rotatable bonds is 14. The lowest BCUT2D eigenvalue weighted by Gasteiger charge is -2.09. The predicted molar refractivity (Wildman–Crippen MR) is 152 cm³/mol. The van der Waals surface area contributed by atoms with Gasteiger partial charge in [-0.2, -0.15) is 4.98 Å². The minimum atomic E-state index is 0.638. The summed E-state index contributed by atoms with van der Waals surface area (Å²) in [7, 11) is 7.47. The molecule has 0 amide bonds. The minimum absolute atomic E-state index is 0.638. The summed E-state index contributed by atoms with van der Waals surface area (Å²) < 4.78 is 4.19. The number of aromatic nitrogens is 4. The van der Waals surface area contributed by atoms with Crippen molar-refractivity contribution in [2.45, 2.75) is 79.7 Å². The highest BCUT2D eigenvalue weighted by Crippen LogP contribution is 2.22. The van der Waals surface area contributed by atoms with E-state index in [1.54, 1.807) is 7.11 Å². The molecule has 36 heavy (non-hydrogen) atoms. The Kier molecular flexibility index (Phi) is 11.9. The summed E-state index contributed by atoms with van der Waals surface area (Å²) in [6.07, 6.45) is 18.2. The van der Waals surface area contributed by atoms with Gasteiger partial charge in [-0.3, -0.25) is 9.40 Å². The van der Waals surface area contributed by atoms with Gasteiger partial charge in [0.05, 0.1) is 20.7 Å². The maximum absolute atomic E-state index is 5.19. The molecule has 198 valence electrons. The van der Waals surface area contributed by atoms with E-state index >= 15 is 0 Å². The van der Waals surface area contributed by atoms with Gasteiger partial charge < -0.3 is 4.90 Å². The lowest BCUT2D eigenvalue weighted by molar-refractivity contribution is -0.647. The van der Waals surface area contributed by atoms with E-state index in [0.717, 1.165) is 49.8 Å². The van der Waals surface area contributed by atoms with Crippen LogP contribution < -0.4 is 14.9 Å². The Balaban J connectivity index is 1.95. The van der Waals surface area contributed by atoms with Crippen molar-refractivity contribution in [2.24, 2.45) is 7.05 Å². The van der Waals surface area contributed by atoms with Gasteiger partial charge in [-0.15, -0.1) is 0 Å². The molecule has 0 radical (unpaired) electrons. The van der Waals surface area contributed by atoms with Gasteiger partial charge in [0.2, 0.25) is 11.3 Å². The van der Waals surface area contributed by atoms with Crippen molar-refractivity contribution in [3.05, 3.63) is 52.9 Å². The van der Waals surface area contributed by atoms with Crippen molar-refractivity contribution >= 4 is 22.9 Å². The third-order valence-electron chi connectivity index (χ3n) is 6.18. The van der Waals surface area contributed by atoms with Crippen LogP contribution in [0.15, 0.2) is 52.9 Å². The van der Waals surface area contributed by atoms with Gasteiger partial charge >= 0.3 is 11.6 Å². The molecular formula is C29H47N6O+. The Bertz CT molecular complexity index is 1120. The summed E-state index contributed by atoms with van der Waals surface area (Å²) in [5, 5.41) is 0. The van der Waals surface area contributed by atoms with Crippen LogP contribution in [0.4, 0.5) is 11.8 Å². The monoisotopic (exact) mass is 495 g/mol. The maximum atomic E-state index is 5.19. The lowest BCUT2D eigenvalue weighted by Crippen LogP contribution is -2.27. The number of allylic oxidation sites excluding steroid dienone is 8. The van der Waals surface area contributed by atoms with Crippen LogP contribution >= 0.6 is 0 Å². The normalized spacial score (nSPS) is 12.9. The SMILES string of the molecule is CONc1nc(N(C)C)nc2c1n(C/C=C(\C)CC/C=C(\C)CC/C=C(\C)CCC=C(C)C)c[n+]2C. The van der Waals surface area contributed by atoms with Gasteiger partial charge in [-0.05, 0) is 73.1 Å². The van der Waals surface area contributed by atoms with Crippen LogP contribution in [0, 0.1) is 0 Å². The second-order valence-electron chi connectivity index (χ2n) is 10.2. The number of hydrogen-bond acceptors (Lipinski definition) is 5.